The van der Waals surface area contributed by atoms with Crippen LogP contribution in [0.1, 0.15) is 20.7 Å². The van der Waals surface area contributed by atoms with Crippen LogP contribution < -0.4 is 0 Å². The minimum Gasteiger partial charge on any atom is -0.309 e. The third-order valence-corrected chi connectivity index (χ3v) is 7.81. The minimum atomic E-state index is 0.622. The fraction of sp³-hybridized carbons (Fsp3) is 0. The van der Waals surface area contributed by atoms with Crippen molar-refractivity contribution in [2.75, 3.05) is 0 Å². The number of hydrogen-bond acceptors (Lipinski definition) is 2. The summed E-state index contributed by atoms with van der Waals surface area (Å²) >= 11 is 0. The summed E-state index contributed by atoms with van der Waals surface area (Å²) < 4.78 is 2.30. The van der Waals surface area contributed by atoms with Crippen LogP contribution in [0.5, 0.6) is 0 Å². The van der Waals surface area contributed by atoms with E-state index in [-0.39, 0.29) is 0 Å². The van der Waals surface area contributed by atoms with Gasteiger partial charge in [-0.25, -0.2) is 0 Å². The summed E-state index contributed by atoms with van der Waals surface area (Å²) in [5.74, 6) is 0. The number of rotatable bonds is 6. The van der Waals surface area contributed by atoms with Crippen LogP contribution in [0.25, 0.3) is 60.9 Å². The van der Waals surface area contributed by atoms with Gasteiger partial charge in [0.1, 0.15) is 0 Å². The lowest BCUT2D eigenvalue weighted by Crippen LogP contribution is -1.97. The molecule has 0 atom stereocenters. The van der Waals surface area contributed by atoms with Gasteiger partial charge in [0.25, 0.3) is 0 Å². The molecule has 0 aliphatic heterocycles. The fourth-order valence-electron chi connectivity index (χ4n) is 5.98. The van der Waals surface area contributed by atoms with Gasteiger partial charge in [0, 0.05) is 27.6 Å². The normalized spacial score (nSPS) is 11.1. The van der Waals surface area contributed by atoms with Crippen LogP contribution in [-0.2, 0) is 0 Å². The van der Waals surface area contributed by atoms with Gasteiger partial charge < -0.3 is 4.57 Å². The Bertz CT molecular complexity index is 1960. The second-order valence-corrected chi connectivity index (χ2v) is 10.1. The molecule has 0 saturated heterocycles. The molecule has 1 heterocycles. The molecule has 0 spiro atoms. The van der Waals surface area contributed by atoms with Crippen LogP contribution in [0.4, 0.5) is 0 Å². The lowest BCUT2D eigenvalue weighted by molar-refractivity contribution is 0.111. The molecule has 0 unspecified atom stereocenters. The number of hydrogen-bond donors (Lipinski definition) is 0. The van der Waals surface area contributed by atoms with Gasteiger partial charge in [0.15, 0.2) is 12.6 Å². The highest BCUT2D eigenvalue weighted by molar-refractivity contribution is 6.09. The Morgan fingerprint density at radius 3 is 1.37 bits per heavy atom. The average molecular weight is 528 g/mol. The number of fused-ring (bicyclic) bond motifs is 3. The van der Waals surface area contributed by atoms with Crippen molar-refractivity contribution in [1.29, 1.82) is 0 Å². The van der Waals surface area contributed by atoms with E-state index in [1.54, 1.807) is 0 Å². The Balaban J connectivity index is 1.47. The summed E-state index contributed by atoms with van der Waals surface area (Å²) in [6.07, 6.45) is 1.80. The van der Waals surface area contributed by atoms with Crippen molar-refractivity contribution in [2.24, 2.45) is 0 Å². The predicted molar refractivity (Wildman–Crippen MR) is 168 cm³/mol. The van der Waals surface area contributed by atoms with E-state index >= 15 is 0 Å². The number of aromatic nitrogens is 1. The van der Waals surface area contributed by atoms with Crippen LogP contribution in [0.15, 0.2) is 140 Å². The summed E-state index contributed by atoms with van der Waals surface area (Å²) in [6.45, 7) is 0. The van der Waals surface area contributed by atoms with E-state index in [2.05, 4.69) is 77.4 Å². The van der Waals surface area contributed by atoms with Gasteiger partial charge in [-0.1, -0.05) is 115 Å². The molecule has 0 aliphatic carbocycles. The fourth-order valence-corrected chi connectivity index (χ4v) is 5.98. The van der Waals surface area contributed by atoms with Gasteiger partial charge in [-0.05, 0) is 57.6 Å². The zero-order valence-corrected chi connectivity index (χ0v) is 22.2. The molecule has 0 aliphatic rings. The van der Waals surface area contributed by atoms with E-state index in [1.165, 1.54) is 10.8 Å². The molecule has 0 fully saturated rings. The number of benzene rings is 6. The van der Waals surface area contributed by atoms with E-state index in [9.17, 15) is 9.59 Å². The van der Waals surface area contributed by atoms with Gasteiger partial charge in [-0.15, -0.1) is 0 Å². The molecule has 0 radical (unpaired) electrons. The zero-order valence-electron chi connectivity index (χ0n) is 22.2. The molecule has 41 heavy (non-hydrogen) atoms. The van der Waals surface area contributed by atoms with E-state index in [0.29, 0.717) is 11.1 Å². The molecule has 0 amide bonds. The Labute approximate surface area is 237 Å². The molecule has 0 N–H and O–H groups in total. The first kappa shape index (κ1) is 24.5. The Kier molecular flexibility index (Phi) is 6.10. The number of carbonyl (C=O) groups excluding carboxylic acids is 2. The van der Waals surface area contributed by atoms with Crippen molar-refractivity contribution in [1.82, 2.24) is 4.57 Å². The monoisotopic (exact) mass is 527 g/mol. The molecule has 7 rings (SSSR count). The first-order chi connectivity index (χ1) is 20.3. The second-order valence-electron chi connectivity index (χ2n) is 10.1. The standard InChI is InChI=1S/C38H25NO2/c40-24-27-10-1-3-12-30(27)34-16-9-17-35(31-13-4-2-11-28(31)25-41)38(34)26-20-22-29(23-21-26)39-36-18-7-5-14-32(36)33-15-6-8-19-37(33)39/h1-25H. The maximum absolute atomic E-state index is 12.0. The molecular weight excluding hydrogens is 502 g/mol. The van der Waals surface area contributed by atoms with Gasteiger partial charge in [0.05, 0.1) is 11.0 Å². The van der Waals surface area contributed by atoms with E-state index in [4.69, 9.17) is 0 Å². The highest BCUT2D eigenvalue weighted by atomic mass is 16.1. The molecular formula is C38H25NO2. The summed E-state index contributed by atoms with van der Waals surface area (Å²) in [6, 6.07) is 46.9. The van der Waals surface area contributed by atoms with Crippen LogP contribution in [0.2, 0.25) is 0 Å². The van der Waals surface area contributed by atoms with Crippen LogP contribution in [-0.4, -0.2) is 17.1 Å². The first-order valence-corrected chi connectivity index (χ1v) is 13.6. The number of carbonyl (C=O) groups is 2. The van der Waals surface area contributed by atoms with Crippen LogP contribution in [0, 0.1) is 0 Å². The highest BCUT2D eigenvalue weighted by Gasteiger charge is 2.18. The smallest absolute Gasteiger partial charge is 0.150 e. The lowest BCUT2D eigenvalue weighted by atomic mass is 9.85. The number of nitrogens with zero attached hydrogens (tertiary/aromatic N) is 1. The van der Waals surface area contributed by atoms with Gasteiger partial charge in [0.2, 0.25) is 0 Å². The van der Waals surface area contributed by atoms with Gasteiger partial charge in [-0.3, -0.25) is 9.59 Å². The number of aldehydes is 2. The highest BCUT2D eigenvalue weighted by Crippen LogP contribution is 2.42. The molecule has 0 saturated carbocycles. The molecule has 3 nitrogen and oxygen atoms in total. The van der Waals surface area contributed by atoms with Gasteiger partial charge >= 0.3 is 0 Å². The van der Waals surface area contributed by atoms with E-state index in [1.807, 2.05) is 66.7 Å². The largest absolute Gasteiger partial charge is 0.309 e. The third-order valence-electron chi connectivity index (χ3n) is 7.81. The molecule has 1 aromatic heterocycles. The van der Waals surface area contributed by atoms with Gasteiger partial charge in [-0.2, -0.15) is 0 Å². The third kappa shape index (κ3) is 4.07. The van der Waals surface area contributed by atoms with Crippen molar-refractivity contribution in [3.63, 3.8) is 0 Å². The van der Waals surface area contributed by atoms with Crippen LogP contribution in [0.3, 0.4) is 0 Å². The van der Waals surface area contributed by atoms with Crippen molar-refractivity contribution in [3.8, 4) is 39.1 Å². The molecule has 7 aromatic rings. The topological polar surface area (TPSA) is 39.1 Å². The first-order valence-electron chi connectivity index (χ1n) is 13.6. The van der Waals surface area contributed by atoms with Crippen molar-refractivity contribution in [2.45, 2.75) is 0 Å². The Hall–Kier alpha value is -5.54. The number of para-hydroxylation sites is 2. The summed E-state index contributed by atoms with van der Waals surface area (Å²) in [4.78, 5) is 24.1. The Morgan fingerprint density at radius 1 is 0.415 bits per heavy atom. The maximum Gasteiger partial charge on any atom is 0.150 e. The predicted octanol–water partition coefficient (Wildman–Crippen LogP) is 9.41. The van der Waals surface area contributed by atoms with E-state index < -0.39 is 0 Å². The Morgan fingerprint density at radius 2 is 0.854 bits per heavy atom. The van der Waals surface area contributed by atoms with Crippen LogP contribution >= 0.6 is 0 Å². The molecule has 3 heteroatoms. The SMILES string of the molecule is O=Cc1ccccc1-c1cccc(-c2ccccc2C=O)c1-c1ccc(-n2c3ccccc3c3ccccc32)cc1. The maximum atomic E-state index is 12.0. The molecule has 0 bridgehead atoms. The summed E-state index contributed by atoms with van der Waals surface area (Å²) in [5.41, 5.74) is 10.2. The summed E-state index contributed by atoms with van der Waals surface area (Å²) in [7, 11) is 0. The van der Waals surface area contributed by atoms with Crippen molar-refractivity contribution >= 4 is 34.4 Å². The molecule has 6 aromatic carbocycles. The molecule has 194 valence electrons. The van der Waals surface area contributed by atoms with Crippen molar-refractivity contribution in [3.05, 3.63) is 151 Å². The van der Waals surface area contributed by atoms with Crippen molar-refractivity contribution < 1.29 is 9.59 Å². The summed E-state index contributed by atoms with van der Waals surface area (Å²) in [5, 5.41) is 2.44. The quantitative estimate of drug-likeness (QED) is 0.202. The average Bonchev–Trinajstić information content (AvgIpc) is 3.39. The second kappa shape index (κ2) is 10.2. The lowest BCUT2D eigenvalue weighted by Gasteiger charge is -2.18. The van der Waals surface area contributed by atoms with E-state index in [0.717, 1.165) is 62.7 Å². The zero-order chi connectivity index (χ0) is 27.8. The minimum absolute atomic E-state index is 0.622.